The zero-order valence-electron chi connectivity index (χ0n) is 10.5. The second kappa shape index (κ2) is 5.34. The Kier molecular flexibility index (Phi) is 4.07. The van der Waals surface area contributed by atoms with Crippen molar-refractivity contribution in [1.29, 1.82) is 0 Å². The Morgan fingerprint density at radius 1 is 1.00 bits per heavy atom. The van der Waals surface area contributed by atoms with Gasteiger partial charge >= 0.3 is 0 Å². The number of rotatable bonds is 4. The molecule has 1 N–H and O–H groups in total. The van der Waals surface area contributed by atoms with Gasteiger partial charge in [-0.3, -0.25) is 0 Å². The summed E-state index contributed by atoms with van der Waals surface area (Å²) >= 11 is 0. The highest BCUT2D eigenvalue weighted by molar-refractivity contribution is 4.88. The molecule has 2 fully saturated rings. The van der Waals surface area contributed by atoms with Crippen molar-refractivity contribution in [1.82, 2.24) is 5.32 Å². The van der Waals surface area contributed by atoms with Crippen molar-refractivity contribution in [3.05, 3.63) is 0 Å². The molecule has 0 aromatic rings. The van der Waals surface area contributed by atoms with Gasteiger partial charge < -0.3 is 5.32 Å². The monoisotopic (exact) mass is 209 g/mol. The molecular formula is C14H27N. The lowest BCUT2D eigenvalue weighted by Gasteiger charge is -2.26. The minimum atomic E-state index is 0.660. The Balaban J connectivity index is 1.85. The molecule has 1 nitrogen and oxygen atoms in total. The Morgan fingerprint density at radius 2 is 1.73 bits per heavy atom. The van der Waals surface area contributed by atoms with Crippen LogP contribution in [0.4, 0.5) is 0 Å². The fourth-order valence-electron chi connectivity index (χ4n) is 3.20. The van der Waals surface area contributed by atoms with Gasteiger partial charge in [-0.2, -0.15) is 0 Å². The van der Waals surface area contributed by atoms with E-state index in [1.807, 2.05) is 0 Å². The van der Waals surface area contributed by atoms with Crippen LogP contribution in [0.3, 0.4) is 0 Å². The molecule has 1 heteroatoms. The van der Waals surface area contributed by atoms with Crippen LogP contribution in [-0.4, -0.2) is 12.6 Å². The lowest BCUT2D eigenvalue weighted by molar-refractivity contribution is 0.263. The first-order valence-corrected chi connectivity index (χ1v) is 7.00. The molecule has 2 aliphatic rings. The van der Waals surface area contributed by atoms with Crippen LogP contribution in [0.2, 0.25) is 0 Å². The summed E-state index contributed by atoms with van der Waals surface area (Å²) in [5.74, 6) is 3.17. The van der Waals surface area contributed by atoms with Crippen LogP contribution in [0.25, 0.3) is 0 Å². The van der Waals surface area contributed by atoms with Gasteiger partial charge in [-0.15, -0.1) is 0 Å². The summed E-state index contributed by atoms with van der Waals surface area (Å²) in [6.07, 6.45) is 10.5. The lowest BCUT2D eigenvalue weighted by Crippen LogP contribution is -2.32. The topological polar surface area (TPSA) is 12.0 Å². The summed E-state index contributed by atoms with van der Waals surface area (Å²) in [7, 11) is 0. The molecule has 2 rings (SSSR count). The Morgan fingerprint density at radius 3 is 2.40 bits per heavy atom. The standard InChI is InChI=1S/C14H27N/c1-11(2)15-10-13-6-4-3-5-7-14(13)12-8-9-12/h11-15H,3-10H2,1-2H3. The second-order valence-corrected chi connectivity index (χ2v) is 5.96. The first kappa shape index (κ1) is 11.4. The minimum absolute atomic E-state index is 0.660. The average Bonchev–Trinajstić information content (AvgIpc) is 3.01. The van der Waals surface area contributed by atoms with E-state index in [0.717, 1.165) is 17.8 Å². The van der Waals surface area contributed by atoms with Gasteiger partial charge in [0.15, 0.2) is 0 Å². The molecule has 0 heterocycles. The van der Waals surface area contributed by atoms with E-state index >= 15 is 0 Å². The number of hydrogen-bond donors (Lipinski definition) is 1. The molecule has 2 aliphatic carbocycles. The molecule has 2 atom stereocenters. The molecule has 2 unspecified atom stereocenters. The molecule has 15 heavy (non-hydrogen) atoms. The molecule has 0 spiro atoms. The molecule has 0 bridgehead atoms. The van der Waals surface area contributed by atoms with E-state index in [9.17, 15) is 0 Å². The number of hydrogen-bond acceptors (Lipinski definition) is 1. The molecule has 0 saturated heterocycles. The molecule has 0 amide bonds. The zero-order valence-corrected chi connectivity index (χ0v) is 10.5. The van der Waals surface area contributed by atoms with Gasteiger partial charge in [0.1, 0.15) is 0 Å². The van der Waals surface area contributed by atoms with Gasteiger partial charge in [-0.05, 0) is 50.0 Å². The third-order valence-electron chi connectivity index (χ3n) is 4.23. The largest absolute Gasteiger partial charge is 0.314 e. The smallest absolute Gasteiger partial charge is 0.00104 e. The molecule has 0 aliphatic heterocycles. The molecule has 0 aromatic heterocycles. The summed E-state index contributed by atoms with van der Waals surface area (Å²) in [6, 6.07) is 0.660. The van der Waals surface area contributed by atoms with Gasteiger partial charge in [-0.1, -0.05) is 33.1 Å². The fraction of sp³-hybridized carbons (Fsp3) is 1.00. The van der Waals surface area contributed by atoms with Crippen LogP contribution in [0.15, 0.2) is 0 Å². The van der Waals surface area contributed by atoms with Crippen molar-refractivity contribution in [2.24, 2.45) is 17.8 Å². The van der Waals surface area contributed by atoms with Crippen molar-refractivity contribution in [2.45, 2.75) is 64.8 Å². The van der Waals surface area contributed by atoms with Crippen molar-refractivity contribution in [3.63, 3.8) is 0 Å². The van der Waals surface area contributed by atoms with Gasteiger partial charge in [0, 0.05) is 6.04 Å². The molecular weight excluding hydrogens is 182 g/mol. The van der Waals surface area contributed by atoms with Crippen molar-refractivity contribution in [2.75, 3.05) is 6.54 Å². The van der Waals surface area contributed by atoms with E-state index < -0.39 is 0 Å². The van der Waals surface area contributed by atoms with E-state index in [2.05, 4.69) is 19.2 Å². The van der Waals surface area contributed by atoms with Crippen molar-refractivity contribution < 1.29 is 0 Å². The van der Waals surface area contributed by atoms with Gasteiger partial charge in [0.25, 0.3) is 0 Å². The predicted molar refractivity (Wildman–Crippen MR) is 65.9 cm³/mol. The second-order valence-electron chi connectivity index (χ2n) is 5.96. The van der Waals surface area contributed by atoms with Crippen LogP contribution in [0, 0.1) is 17.8 Å². The van der Waals surface area contributed by atoms with Crippen molar-refractivity contribution in [3.8, 4) is 0 Å². The SMILES string of the molecule is CC(C)NCC1CCCCCC1C1CC1. The van der Waals surface area contributed by atoms with Gasteiger partial charge in [0.05, 0.1) is 0 Å². The maximum absolute atomic E-state index is 3.66. The van der Waals surface area contributed by atoms with E-state index in [1.54, 1.807) is 0 Å². The maximum atomic E-state index is 3.66. The van der Waals surface area contributed by atoms with E-state index in [0.29, 0.717) is 6.04 Å². The van der Waals surface area contributed by atoms with Gasteiger partial charge in [0.2, 0.25) is 0 Å². The summed E-state index contributed by atoms with van der Waals surface area (Å²) in [4.78, 5) is 0. The van der Waals surface area contributed by atoms with Crippen LogP contribution < -0.4 is 5.32 Å². The Labute approximate surface area is 95.0 Å². The highest BCUT2D eigenvalue weighted by Gasteiger charge is 2.36. The maximum Gasteiger partial charge on any atom is 0.00104 e. The van der Waals surface area contributed by atoms with E-state index in [-0.39, 0.29) is 0 Å². The van der Waals surface area contributed by atoms with Crippen LogP contribution in [-0.2, 0) is 0 Å². The minimum Gasteiger partial charge on any atom is -0.314 e. The Hall–Kier alpha value is -0.0400. The first-order valence-electron chi connectivity index (χ1n) is 7.00. The highest BCUT2D eigenvalue weighted by Crippen LogP contribution is 2.45. The quantitative estimate of drug-likeness (QED) is 0.698. The summed E-state index contributed by atoms with van der Waals surface area (Å²) in [6.45, 7) is 5.81. The molecule has 0 radical (unpaired) electrons. The third kappa shape index (κ3) is 3.48. The number of nitrogens with one attached hydrogen (secondary N) is 1. The fourth-order valence-corrected chi connectivity index (χ4v) is 3.20. The van der Waals surface area contributed by atoms with Crippen LogP contribution in [0.5, 0.6) is 0 Å². The molecule has 88 valence electrons. The summed E-state index contributed by atoms with van der Waals surface area (Å²) < 4.78 is 0. The lowest BCUT2D eigenvalue weighted by atomic mass is 9.84. The van der Waals surface area contributed by atoms with Crippen LogP contribution in [0.1, 0.15) is 58.8 Å². The molecule has 2 saturated carbocycles. The first-order chi connectivity index (χ1) is 7.27. The highest BCUT2D eigenvalue weighted by atomic mass is 14.9. The third-order valence-corrected chi connectivity index (χ3v) is 4.23. The predicted octanol–water partition coefficient (Wildman–Crippen LogP) is 3.59. The summed E-state index contributed by atoms with van der Waals surface area (Å²) in [5.41, 5.74) is 0. The zero-order chi connectivity index (χ0) is 10.7. The van der Waals surface area contributed by atoms with Crippen molar-refractivity contribution >= 4 is 0 Å². The molecule has 0 aromatic carbocycles. The summed E-state index contributed by atoms with van der Waals surface area (Å²) in [5, 5.41) is 3.66. The van der Waals surface area contributed by atoms with Crippen LogP contribution >= 0.6 is 0 Å². The van der Waals surface area contributed by atoms with Gasteiger partial charge in [-0.25, -0.2) is 0 Å². The van der Waals surface area contributed by atoms with E-state index in [4.69, 9.17) is 0 Å². The van der Waals surface area contributed by atoms with E-state index in [1.165, 1.54) is 51.5 Å². The normalized spacial score (nSPS) is 33.0. The average molecular weight is 209 g/mol. The Bertz CT molecular complexity index is 184.